The van der Waals surface area contributed by atoms with Gasteiger partial charge in [-0.05, 0) is 36.6 Å². The fraction of sp³-hybridized carbons (Fsp3) is 0.375. The van der Waals surface area contributed by atoms with Crippen LogP contribution in [0.4, 0.5) is 10.8 Å². The van der Waals surface area contributed by atoms with Gasteiger partial charge in [-0.2, -0.15) is 0 Å². The molecule has 1 N–H and O–H groups in total. The van der Waals surface area contributed by atoms with Crippen molar-refractivity contribution in [3.05, 3.63) is 29.3 Å². The average Bonchev–Trinajstić information content (AvgIpc) is 3.20. The molecule has 1 amide bonds. The van der Waals surface area contributed by atoms with E-state index < -0.39 is 0 Å². The Morgan fingerprint density at radius 1 is 1.42 bits per heavy atom. The normalized spacial score (nSPS) is 16.4. The number of amides is 1. The molecule has 1 aliphatic heterocycles. The molecule has 2 aromatic rings. The molecular weight excluding hydrogens is 344 g/mol. The van der Waals surface area contributed by atoms with Crippen molar-refractivity contribution < 1.29 is 9.59 Å². The lowest BCUT2D eigenvalue weighted by atomic mass is 10.1. The van der Waals surface area contributed by atoms with E-state index in [9.17, 15) is 9.59 Å². The van der Waals surface area contributed by atoms with E-state index in [0.717, 1.165) is 20.7 Å². The maximum atomic E-state index is 12.4. The number of ketones is 1. The van der Waals surface area contributed by atoms with E-state index in [1.807, 2.05) is 12.1 Å². The third-order valence-electron chi connectivity index (χ3n) is 4.12. The molecule has 1 aromatic heterocycles. The Balaban J connectivity index is 1.38. The first-order valence-electron chi connectivity index (χ1n) is 7.75. The summed E-state index contributed by atoms with van der Waals surface area (Å²) < 4.78 is 0.794. The van der Waals surface area contributed by atoms with Gasteiger partial charge in [0.1, 0.15) is 0 Å². The molecule has 0 unspecified atom stereocenters. The first-order valence-corrected chi connectivity index (χ1v) is 9.56. The van der Waals surface area contributed by atoms with Crippen LogP contribution in [0.1, 0.15) is 28.8 Å². The number of rotatable bonds is 6. The fourth-order valence-electron chi connectivity index (χ4n) is 2.58. The fourth-order valence-corrected chi connectivity index (χ4v) is 4.31. The number of benzene rings is 1. The molecule has 0 spiro atoms. The van der Waals surface area contributed by atoms with E-state index in [2.05, 4.69) is 15.5 Å². The molecule has 8 heteroatoms. The number of carbonyl (C=O) groups is 2. The lowest BCUT2D eigenvalue weighted by Crippen LogP contribution is -2.20. The number of fused-ring (bicyclic) bond motifs is 1. The highest BCUT2D eigenvalue weighted by molar-refractivity contribution is 8.01. The Morgan fingerprint density at radius 2 is 2.25 bits per heavy atom. The van der Waals surface area contributed by atoms with Crippen molar-refractivity contribution in [2.24, 2.45) is 0 Å². The molecule has 1 fully saturated rings. The number of nitrogens with zero attached hydrogens (tertiary/aromatic N) is 3. The van der Waals surface area contributed by atoms with Crippen LogP contribution in [-0.2, 0) is 11.2 Å². The number of anilines is 2. The van der Waals surface area contributed by atoms with Crippen LogP contribution in [-0.4, -0.2) is 40.7 Å². The second kappa shape index (κ2) is 6.18. The van der Waals surface area contributed by atoms with Gasteiger partial charge in [0.05, 0.1) is 12.2 Å². The molecule has 2 heterocycles. The summed E-state index contributed by atoms with van der Waals surface area (Å²) in [5, 5.41) is 12.3. The average molecular weight is 360 g/mol. The van der Waals surface area contributed by atoms with Crippen LogP contribution < -0.4 is 10.2 Å². The summed E-state index contributed by atoms with van der Waals surface area (Å²) in [6, 6.07) is 6.02. The molecule has 24 heavy (non-hydrogen) atoms. The molecule has 0 saturated heterocycles. The number of aromatic nitrogens is 2. The molecule has 4 rings (SSSR count). The van der Waals surface area contributed by atoms with Crippen molar-refractivity contribution in [1.29, 1.82) is 0 Å². The molecule has 1 aromatic carbocycles. The molecule has 6 nitrogen and oxygen atoms in total. The molecule has 124 valence electrons. The van der Waals surface area contributed by atoms with Gasteiger partial charge in [0.15, 0.2) is 10.1 Å². The number of Topliss-reactive ketones (excluding diaryl/α,β-unsaturated/α-hetero) is 1. The van der Waals surface area contributed by atoms with E-state index in [4.69, 9.17) is 0 Å². The Kier molecular flexibility index (Phi) is 4.01. The van der Waals surface area contributed by atoms with Crippen molar-refractivity contribution in [3.63, 3.8) is 0 Å². The van der Waals surface area contributed by atoms with Crippen molar-refractivity contribution in [2.75, 3.05) is 23.0 Å². The Bertz CT molecular complexity index is 816. The Labute approximate surface area is 147 Å². The van der Waals surface area contributed by atoms with Gasteiger partial charge in [-0.25, -0.2) is 0 Å². The van der Waals surface area contributed by atoms with Crippen LogP contribution in [0.15, 0.2) is 22.5 Å². The van der Waals surface area contributed by atoms with Crippen molar-refractivity contribution in [3.8, 4) is 0 Å². The number of hydrogen-bond donors (Lipinski definition) is 1. The van der Waals surface area contributed by atoms with Crippen LogP contribution in [0.25, 0.3) is 0 Å². The summed E-state index contributed by atoms with van der Waals surface area (Å²) in [6.07, 6.45) is 2.75. The second-order valence-corrected chi connectivity index (χ2v) is 8.18. The SMILES string of the molecule is CN1C(=O)Cc2cc(C(=O)CSc3nnc(NC4CC4)s3)ccc21. The van der Waals surface area contributed by atoms with Crippen LogP contribution in [0.3, 0.4) is 0 Å². The maximum Gasteiger partial charge on any atom is 0.231 e. The largest absolute Gasteiger partial charge is 0.357 e. The molecule has 0 radical (unpaired) electrons. The molecule has 0 atom stereocenters. The highest BCUT2D eigenvalue weighted by atomic mass is 32.2. The summed E-state index contributed by atoms with van der Waals surface area (Å²) in [7, 11) is 1.76. The highest BCUT2D eigenvalue weighted by Crippen LogP contribution is 2.31. The maximum absolute atomic E-state index is 12.4. The van der Waals surface area contributed by atoms with Gasteiger partial charge >= 0.3 is 0 Å². The van der Waals surface area contributed by atoms with E-state index >= 15 is 0 Å². The third-order valence-corrected chi connectivity index (χ3v) is 6.10. The first-order chi connectivity index (χ1) is 11.6. The van der Waals surface area contributed by atoms with Crippen molar-refractivity contribution in [2.45, 2.75) is 29.6 Å². The topological polar surface area (TPSA) is 75.2 Å². The molecule has 2 aliphatic rings. The second-order valence-electron chi connectivity index (χ2n) is 5.98. The summed E-state index contributed by atoms with van der Waals surface area (Å²) in [4.78, 5) is 25.8. The smallest absolute Gasteiger partial charge is 0.231 e. The van der Waals surface area contributed by atoms with Crippen LogP contribution in [0.2, 0.25) is 0 Å². The summed E-state index contributed by atoms with van der Waals surface area (Å²) >= 11 is 2.89. The monoisotopic (exact) mass is 360 g/mol. The highest BCUT2D eigenvalue weighted by Gasteiger charge is 2.25. The zero-order valence-electron chi connectivity index (χ0n) is 13.1. The Morgan fingerprint density at radius 3 is 3.04 bits per heavy atom. The molecule has 0 bridgehead atoms. The zero-order chi connectivity index (χ0) is 16.7. The first kappa shape index (κ1) is 15.6. The number of likely N-dealkylation sites (N-methyl/N-ethyl adjacent to an activating group) is 1. The van der Waals surface area contributed by atoms with Gasteiger partial charge in [0.25, 0.3) is 0 Å². The third kappa shape index (κ3) is 3.16. The lowest BCUT2D eigenvalue weighted by Gasteiger charge is -2.10. The zero-order valence-corrected chi connectivity index (χ0v) is 14.7. The van der Waals surface area contributed by atoms with Crippen molar-refractivity contribution >= 4 is 45.6 Å². The van der Waals surface area contributed by atoms with Gasteiger partial charge in [-0.1, -0.05) is 23.1 Å². The van der Waals surface area contributed by atoms with Gasteiger partial charge in [0, 0.05) is 24.3 Å². The van der Waals surface area contributed by atoms with Crippen LogP contribution >= 0.6 is 23.1 Å². The predicted molar refractivity (Wildman–Crippen MR) is 95.2 cm³/mol. The van der Waals surface area contributed by atoms with Crippen LogP contribution in [0.5, 0.6) is 0 Å². The minimum Gasteiger partial charge on any atom is -0.357 e. The summed E-state index contributed by atoms with van der Waals surface area (Å²) in [5.41, 5.74) is 2.46. The van der Waals surface area contributed by atoms with Gasteiger partial charge < -0.3 is 10.2 Å². The van der Waals surface area contributed by atoms with Crippen molar-refractivity contribution in [1.82, 2.24) is 10.2 Å². The van der Waals surface area contributed by atoms with E-state index in [1.165, 1.54) is 35.9 Å². The Hall–Kier alpha value is -1.93. The molecular formula is C16H16N4O2S2. The quantitative estimate of drug-likeness (QED) is 0.630. The van der Waals surface area contributed by atoms with E-state index in [-0.39, 0.29) is 11.7 Å². The number of thioether (sulfide) groups is 1. The van der Waals surface area contributed by atoms with E-state index in [0.29, 0.717) is 23.8 Å². The van der Waals surface area contributed by atoms with Gasteiger partial charge in [-0.15, -0.1) is 10.2 Å². The van der Waals surface area contributed by atoms with Gasteiger partial charge in [0.2, 0.25) is 11.0 Å². The number of hydrogen-bond acceptors (Lipinski definition) is 7. The molecule has 1 aliphatic carbocycles. The summed E-state index contributed by atoms with van der Waals surface area (Å²) in [6.45, 7) is 0. The molecule has 1 saturated carbocycles. The van der Waals surface area contributed by atoms with E-state index in [1.54, 1.807) is 18.0 Å². The van der Waals surface area contributed by atoms with Crippen LogP contribution in [0, 0.1) is 0 Å². The minimum absolute atomic E-state index is 0.0386. The minimum atomic E-state index is 0.0386. The lowest BCUT2D eigenvalue weighted by molar-refractivity contribution is -0.117. The number of carbonyl (C=O) groups excluding carboxylic acids is 2. The predicted octanol–water partition coefficient (Wildman–Crippen LogP) is 2.61. The summed E-state index contributed by atoms with van der Waals surface area (Å²) in [5.74, 6) is 0.422. The number of nitrogens with one attached hydrogen (secondary N) is 1. The standard InChI is InChI=1S/C16H16N4O2S2/c1-20-12-5-2-9(6-10(12)7-14(20)22)13(21)8-23-16-19-18-15(24-16)17-11-3-4-11/h2,5-6,11H,3-4,7-8H2,1H3,(H,17,18). The van der Waals surface area contributed by atoms with Gasteiger partial charge in [-0.3, -0.25) is 9.59 Å².